The van der Waals surface area contributed by atoms with Crippen LogP contribution < -0.4 is 5.32 Å². The van der Waals surface area contributed by atoms with Crippen LogP contribution >= 0.6 is 23.4 Å². The van der Waals surface area contributed by atoms with Gasteiger partial charge < -0.3 is 10.4 Å². The number of nitrogens with one attached hydrogen (secondary N) is 1. The minimum Gasteiger partial charge on any atom is -0.480 e. The molecular formula is C13H16ClNO3S. The van der Waals surface area contributed by atoms with E-state index < -0.39 is 17.9 Å². The van der Waals surface area contributed by atoms with Gasteiger partial charge in [-0.15, -0.1) is 0 Å². The Morgan fingerprint density at radius 2 is 2.16 bits per heavy atom. The van der Waals surface area contributed by atoms with Crippen molar-refractivity contribution in [3.8, 4) is 0 Å². The number of amides is 1. The molecule has 0 heterocycles. The van der Waals surface area contributed by atoms with Crippen molar-refractivity contribution in [2.24, 2.45) is 0 Å². The average Bonchev–Trinajstić information content (AvgIpc) is 2.37. The highest BCUT2D eigenvalue weighted by Gasteiger charge is 2.20. The Hall–Kier alpha value is -1.20. The molecule has 4 nitrogen and oxygen atoms in total. The van der Waals surface area contributed by atoms with Crippen molar-refractivity contribution in [2.75, 3.05) is 12.0 Å². The lowest BCUT2D eigenvalue weighted by Gasteiger charge is -2.14. The summed E-state index contributed by atoms with van der Waals surface area (Å²) in [6, 6.07) is 3.99. The Morgan fingerprint density at radius 1 is 1.47 bits per heavy atom. The van der Waals surface area contributed by atoms with Crippen LogP contribution in [0.4, 0.5) is 0 Å². The van der Waals surface area contributed by atoms with Gasteiger partial charge in [-0.05, 0) is 49.1 Å². The van der Waals surface area contributed by atoms with E-state index in [-0.39, 0.29) is 0 Å². The molecule has 1 aromatic rings. The highest BCUT2D eigenvalue weighted by atomic mass is 35.5. The topological polar surface area (TPSA) is 66.4 Å². The molecule has 0 spiro atoms. The molecule has 19 heavy (non-hydrogen) atoms. The molecule has 0 fully saturated rings. The molecule has 0 radical (unpaired) electrons. The number of carbonyl (C=O) groups is 2. The number of thioether (sulfide) groups is 1. The van der Waals surface area contributed by atoms with Gasteiger partial charge in [-0.3, -0.25) is 4.79 Å². The second-order valence-corrected chi connectivity index (χ2v) is 5.50. The molecule has 0 saturated carbocycles. The maximum atomic E-state index is 12.0. The zero-order chi connectivity index (χ0) is 14.4. The summed E-state index contributed by atoms with van der Waals surface area (Å²) >= 11 is 7.42. The number of halogens is 1. The van der Waals surface area contributed by atoms with Crippen LogP contribution in [-0.4, -0.2) is 35.0 Å². The van der Waals surface area contributed by atoms with E-state index in [9.17, 15) is 9.59 Å². The number of aryl methyl sites for hydroxylation is 1. The largest absolute Gasteiger partial charge is 0.480 e. The van der Waals surface area contributed by atoms with Gasteiger partial charge in [-0.25, -0.2) is 4.79 Å². The quantitative estimate of drug-likeness (QED) is 0.847. The number of hydrogen-bond acceptors (Lipinski definition) is 3. The van der Waals surface area contributed by atoms with Gasteiger partial charge in [0.05, 0.1) is 0 Å². The number of benzene rings is 1. The predicted molar refractivity (Wildman–Crippen MR) is 78.1 cm³/mol. The Bertz CT molecular complexity index is 479. The van der Waals surface area contributed by atoms with E-state index >= 15 is 0 Å². The summed E-state index contributed by atoms with van der Waals surface area (Å²) in [7, 11) is 0. The van der Waals surface area contributed by atoms with E-state index in [0.717, 1.165) is 5.56 Å². The van der Waals surface area contributed by atoms with E-state index in [2.05, 4.69) is 5.32 Å². The van der Waals surface area contributed by atoms with Gasteiger partial charge in [-0.2, -0.15) is 11.8 Å². The fraction of sp³-hybridized carbons (Fsp3) is 0.385. The third-order valence-corrected chi connectivity index (χ3v) is 3.70. The van der Waals surface area contributed by atoms with E-state index in [4.69, 9.17) is 16.7 Å². The van der Waals surface area contributed by atoms with Crippen LogP contribution in [0.1, 0.15) is 22.3 Å². The van der Waals surface area contributed by atoms with Crippen LogP contribution in [0.15, 0.2) is 18.2 Å². The Labute approximate surface area is 121 Å². The monoisotopic (exact) mass is 301 g/mol. The SMILES string of the molecule is CSCCC(NC(=O)c1ccc(Cl)c(C)c1)C(=O)O. The first kappa shape index (κ1) is 15.9. The third kappa shape index (κ3) is 4.76. The molecule has 104 valence electrons. The summed E-state index contributed by atoms with van der Waals surface area (Å²) in [6.45, 7) is 1.79. The highest BCUT2D eigenvalue weighted by Crippen LogP contribution is 2.16. The minimum absolute atomic E-state index is 0.395. The Morgan fingerprint density at radius 3 is 2.68 bits per heavy atom. The summed E-state index contributed by atoms with van der Waals surface area (Å²) in [5.41, 5.74) is 1.20. The van der Waals surface area contributed by atoms with E-state index in [0.29, 0.717) is 22.8 Å². The van der Waals surface area contributed by atoms with E-state index in [1.165, 1.54) is 0 Å². The smallest absolute Gasteiger partial charge is 0.326 e. The van der Waals surface area contributed by atoms with Gasteiger partial charge in [0.15, 0.2) is 0 Å². The molecule has 6 heteroatoms. The minimum atomic E-state index is -1.02. The van der Waals surface area contributed by atoms with Crippen molar-refractivity contribution in [3.63, 3.8) is 0 Å². The van der Waals surface area contributed by atoms with Gasteiger partial charge in [0, 0.05) is 10.6 Å². The molecule has 0 aliphatic carbocycles. The number of aliphatic carboxylic acids is 1. The number of carboxylic acids is 1. The maximum Gasteiger partial charge on any atom is 0.326 e. The van der Waals surface area contributed by atoms with Crippen LogP contribution in [0.25, 0.3) is 0 Å². The summed E-state index contributed by atoms with van der Waals surface area (Å²) in [5, 5.41) is 12.1. The van der Waals surface area contributed by atoms with Gasteiger partial charge in [0.25, 0.3) is 5.91 Å². The Kier molecular flexibility index (Phi) is 6.18. The van der Waals surface area contributed by atoms with Crippen LogP contribution in [0, 0.1) is 6.92 Å². The number of rotatable bonds is 6. The van der Waals surface area contributed by atoms with Crippen molar-refractivity contribution in [1.82, 2.24) is 5.32 Å². The van der Waals surface area contributed by atoms with Gasteiger partial charge >= 0.3 is 5.97 Å². The van der Waals surface area contributed by atoms with Crippen molar-refractivity contribution in [3.05, 3.63) is 34.3 Å². The van der Waals surface area contributed by atoms with Gasteiger partial charge in [-0.1, -0.05) is 11.6 Å². The summed E-state index contributed by atoms with van der Waals surface area (Å²) in [4.78, 5) is 23.0. The van der Waals surface area contributed by atoms with Gasteiger partial charge in [0.2, 0.25) is 0 Å². The van der Waals surface area contributed by atoms with Crippen LogP contribution in [0.5, 0.6) is 0 Å². The zero-order valence-corrected chi connectivity index (χ0v) is 12.3. The second kappa shape index (κ2) is 7.40. The molecule has 1 aromatic carbocycles. The third-order valence-electron chi connectivity index (χ3n) is 2.63. The molecule has 1 amide bonds. The summed E-state index contributed by atoms with van der Waals surface area (Å²) in [5.74, 6) is -0.738. The highest BCUT2D eigenvalue weighted by molar-refractivity contribution is 7.98. The number of hydrogen-bond donors (Lipinski definition) is 2. The van der Waals surface area contributed by atoms with Crippen LogP contribution in [0.3, 0.4) is 0 Å². The van der Waals surface area contributed by atoms with Crippen molar-refractivity contribution >= 4 is 35.2 Å². The van der Waals surface area contributed by atoms with Crippen LogP contribution in [-0.2, 0) is 4.79 Å². The van der Waals surface area contributed by atoms with Gasteiger partial charge in [0.1, 0.15) is 6.04 Å². The first-order valence-corrected chi connectivity index (χ1v) is 7.51. The molecular weight excluding hydrogens is 286 g/mol. The fourth-order valence-electron chi connectivity index (χ4n) is 1.52. The van der Waals surface area contributed by atoms with E-state index in [1.807, 2.05) is 6.26 Å². The standard InChI is InChI=1S/C13H16ClNO3S/c1-8-7-9(3-4-10(8)14)12(16)15-11(13(17)18)5-6-19-2/h3-4,7,11H,5-6H2,1-2H3,(H,15,16)(H,17,18). The molecule has 0 aliphatic heterocycles. The summed E-state index contributed by atoms with van der Waals surface area (Å²) < 4.78 is 0. The fourth-order valence-corrected chi connectivity index (χ4v) is 2.11. The second-order valence-electron chi connectivity index (χ2n) is 4.11. The Balaban J connectivity index is 2.75. The van der Waals surface area contributed by atoms with E-state index in [1.54, 1.807) is 36.9 Å². The first-order valence-electron chi connectivity index (χ1n) is 5.74. The number of carbonyl (C=O) groups excluding carboxylic acids is 1. The molecule has 1 unspecified atom stereocenters. The molecule has 0 bridgehead atoms. The van der Waals surface area contributed by atoms with Crippen molar-refractivity contribution in [2.45, 2.75) is 19.4 Å². The first-order chi connectivity index (χ1) is 8.95. The normalized spacial score (nSPS) is 11.9. The maximum absolute atomic E-state index is 12.0. The van der Waals surface area contributed by atoms with Crippen molar-refractivity contribution < 1.29 is 14.7 Å². The molecule has 2 N–H and O–H groups in total. The molecule has 0 saturated heterocycles. The average molecular weight is 302 g/mol. The summed E-state index contributed by atoms with van der Waals surface area (Å²) in [6.07, 6.45) is 2.29. The van der Waals surface area contributed by atoms with Crippen molar-refractivity contribution in [1.29, 1.82) is 0 Å². The molecule has 1 rings (SSSR count). The lowest BCUT2D eigenvalue weighted by molar-refractivity contribution is -0.139. The molecule has 1 atom stereocenters. The predicted octanol–water partition coefficient (Wildman–Crippen LogP) is 2.58. The lowest BCUT2D eigenvalue weighted by Crippen LogP contribution is -2.41. The molecule has 0 aliphatic rings. The lowest BCUT2D eigenvalue weighted by atomic mass is 10.1. The van der Waals surface area contributed by atoms with Crippen LogP contribution in [0.2, 0.25) is 5.02 Å². The number of carboxylic acid groups (broad SMARTS) is 1. The zero-order valence-electron chi connectivity index (χ0n) is 10.8. The molecule has 0 aromatic heterocycles.